The Morgan fingerprint density at radius 1 is 1.40 bits per heavy atom. The smallest absolute Gasteiger partial charge is 0.327 e. The first-order chi connectivity index (χ1) is 7.01. The van der Waals surface area contributed by atoms with Crippen molar-refractivity contribution in [1.29, 1.82) is 0 Å². The lowest BCUT2D eigenvalue weighted by atomic mass is 10.2. The van der Waals surface area contributed by atoms with Gasteiger partial charge in [-0.05, 0) is 0 Å². The number of esters is 1. The van der Waals surface area contributed by atoms with E-state index in [0.717, 1.165) is 0 Å². The molecule has 0 saturated heterocycles. The molecule has 0 radical (unpaired) electrons. The number of hydrogen-bond acceptors (Lipinski definition) is 5. The molecule has 7 heteroatoms. The number of rotatable bonds is 6. The highest BCUT2D eigenvalue weighted by molar-refractivity contribution is 7.80. The summed E-state index contributed by atoms with van der Waals surface area (Å²) < 4.78 is 4.33. The Morgan fingerprint density at radius 3 is 2.40 bits per heavy atom. The number of carbonyl (C=O) groups is 3. The minimum atomic E-state index is -1.16. The quantitative estimate of drug-likeness (QED) is 0.424. The van der Waals surface area contributed by atoms with Crippen LogP contribution in [0.5, 0.6) is 0 Å². The highest BCUT2D eigenvalue weighted by Crippen LogP contribution is 1.94. The van der Waals surface area contributed by atoms with Crippen molar-refractivity contribution in [2.45, 2.75) is 18.9 Å². The summed E-state index contributed by atoms with van der Waals surface area (Å²) in [5.41, 5.74) is 0. The van der Waals surface area contributed by atoms with Crippen molar-refractivity contribution >= 4 is 30.5 Å². The van der Waals surface area contributed by atoms with Gasteiger partial charge in [-0.25, -0.2) is 4.79 Å². The lowest BCUT2D eigenvalue weighted by Gasteiger charge is -2.11. The normalized spacial score (nSPS) is 11.6. The molecule has 0 spiro atoms. The molecule has 15 heavy (non-hydrogen) atoms. The molecule has 1 amide bonds. The molecule has 1 unspecified atom stereocenters. The molecule has 1 atom stereocenters. The minimum absolute atomic E-state index is 0.000697. The first-order valence-corrected chi connectivity index (χ1v) is 4.84. The van der Waals surface area contributed by atoms with Crippen LogP contribution in [0, 0.1) is 0 Å². The standard InChI is InChI=1S/C8H13NO5S/c1-14-7(11)3-2-6(10)9-5(4-15)8(12)13/h5,15H,2-4H2,1H3,(H,9,10)(H,12,13). The Labute approximate surface area is 92.4 Å². The van der Waals surface area contributed by atoms with E-state index >= 15 is 0 Å². The zero-order chi connectivity index (χ0) is 11.8. The summed E-state index contributed by atoms with van der Waals surface area (Å²) in [6, 6.07) is -1.03. The van der Waals surface area contributed by atoms with E-state index in [4.69, 9.17) is 5.11 Å². The molecule has 0 aliphatic rings. The number of carbonyl (C=O) groups excluding carboxylic acids is 2. The van der Waals surface area contributed by atoms with Gasteiger partial charge in [-0.15, -0.1) is 0 Å². The predicted octanol–water partition coefficient (Wildman–Crippen LogP) is -0.561. The van der Waals surface area contributed by atoms with Crippen LogP contribution in [0.15, 0.2) is 0 Å². The number of aliphatic carboxylic acids is 1. The fourth-order valence-electron chi connectivity index (χ4n) is 0.770. The predicted molar refractivity (Wildman–Crippen MR) is 54.7 cm³/mol. The molecular weight excluding hydrogens is 222 g/mol. The van der Waals surface area contributed by atoms with Crippen LogP contribution in [-0.2, 0) is 19.1 Å². The molecule has 0 heterocycles. The van der Waals surface area contributed by atoms with Gasteiger partial charge in [0.15, 0.2) is 0 Å². The summed E-state index contributed by atoms with van der Waals surface area (Å²) in [7, 11) is 1.22. The van der Waals surface area contributed by atoms with Crippen molar-refractivity contribution in [3.8, 4) is 0 Å². The van der Waals surface area contributed by atoms with Gasteiger partial charge in [0.25, 0.3) is 0 Å². The summed E-state index contributed by atoms with van der Waals surface area (Å²) >= 11 is 3.77. The molecule has 6 nitrogen and oxygen atoms in total. The summed E-state index contributed by atoms with van der Waals surface area (Å²) in [6.07, 6.45) is -0.161. The maximum absolute atomic E-state index is 11.1. The Balaban J connectivity index is 3.91. The van der Waals surface area contributed by atoms with Gasteiger partial charge in [0.2, 0.25) is 5.91 Å². The lowest BCUT2D eigenvalue weighted by molar-refractivity contribution is -0.142. The summed E-state index contributed by atoms with van der Waals surface area (Å²) in [4.78, 5) is 32.3. The molecule has 2 N–H and O–H groups in total. The second kappa shape index (κ2) is 7.10. The van der Waals surface area contributed by atoms with E-state index in [1.54, 1.807) is 0 Å². The van der Waals surface area contributed by atoms with Gasteiger partial charge in [-0.2, -0.15) is 12.6 Å². The third kappa shape index (κ3) is 5.95. The Kier molecular flexibility index (Phi) is 6.52. The Hall–Kier alpha value is -1.24. The van der Waals surface area contributed by atoms with Crippen LogP contribution >= 0.6 is 12.6 Å². The van der Waals surface area contributed by atoms with Gasteiger partial charge in [0.1, 0.15) is 6.04 Å². The summed E-state index contributed by atoms with van der Waals surface area (Å²) in [6.45, 7) is 0. The maximum atomic E-state index is 11.1. The van der Waals surface area contributed by atoms with Crippen LogP contribution in [0.3, 0.4) is 0 Å². The Morgan fingerprint density at radius 2 is 2.00 bits per heavy atom. The maximum Gasteiger partial charge on any atom is 0.327 e. The molecular formula is C8H13NO5S. The van der Waals surface area contributed by atoms with Crippen molar-refractivity contribution in [3.05, 3.63) is 0 Å². The lowest BCUT2D eigenvalue weighted by Crippen LogP contribution is -2.42. The SMILES string of the molecule is COC(=O)CCC(=O)NC(CS)C(=O)O. The number of methoxy groups -OCH3 is 1. The van der Waals surface area contributed by atoms with Crippen LogP contribution in [0.2, 0.25) is 0 Å². The van der Waals surface area contributed by atoms with E-state index in [0.29, 0.717) is 0 Å². The van der Waals surface area contributed by atoms with Crippen molar-refractivity contribution in [3.63, 3.8) is 0 Å². The number of carboxylic acid groups (broad SMARTS) is 1. The van der Waals surface area contributed by atoms with Gasteiger partial charge < -0.3 is 15.2 Å². The summed E-state index contributed by atoms with van der Waals surface area (Å²) in [5, 5.41) is 10.8. The molecule has 0 rings (SSSR count). The molecule has 0 aliphatic heterocycles. The first-order valence-electron chi connectivity index (χ1n) is 4.21. The number of hydrogen-bond donors (Lipinski definition) is 3. The van der Waals surface area contributed by atoms with Crippen molar-refractivity contribution in [2.75, 3.05) is 12.9 Å². The Bertz CT molecular complexity index is 255. The molecule has 0 aliphatic carbocycles. The van der Waals surface area contributed by atoms with E-state index in [2.05, 4.69) is 22.7 Å². The number of ether oxygens (including phenoxy) is 1. The zero-order valence-corrected chi connectivity index (χ0v) is 9.12. The molecule has 0 saturated carbocycles. The topological polar surface area (TPSA) is 92.7 Å². The first kappa shape index (κ1) is 13.8. The van der Waals surface area contributed by atoms with Gasteiger partial charge in [-0.3, -0.25) is 9.59 Å². The van der Waals surface area contributed by atoms with Gasteiger partial charge >= 0.3 is 11.9 Å². The molecule has 0 fully saturated rings. The van der Waals surface area contributed by atoms with Crippen LogP contribution in [0.1, 0.15) is 12.8 Å². The second-order valence-electron chi connectivity index (χ2n) is 2.72. The highest BCUT2D eigenvalue weighted by atomic mass is 32.1. The molecule has 0 bridgehead atoms. The minimum Gasteiger partial charge on any atom is -0.480 e. The van der Waals surface area contributed by atoms with Gasteiger partial charge in [0, 0.05) is 12.2 Å². The fourth-order valence-corrected chi connectivity index (χ4v) is 1.02. The van der Waals surface area contributed by atoms with Crippen LogP contribution in [-0.4, -0.2) is 41.9 Å². The van der Waals surface area contributed by atoms with E-state index in [9.17, 15) is 14.4 Å². The number of nitrogens with one attached hydrogen (secondary N) is 1. The molecule has 86 valence electrons. The van der Waals surface area contributed by atoms with E-state index < -0.39 is 23.9 Å². The van der Waals surface area contributed by atoms with Crippen LogP contribution in [0.4, 0.5) is 0 Å². The third-order valence-electron chi connectivity index (χ3n) is 1.60. The van der Waals surface area contributed by atoms with Crippen LogP contribution in [0.25, 0.3) is 0 Å². The monoisotopic (exact) mass is 235 g/mol. The average Bonchev–Trinajstić information content (AvgIpc) is 2.21. The number of amides is 1. The van der Waals surface area contributed by atoms with Gasteiger partial charge in [-0.1, -0.05) is 0 Å². The van der Waals surface area contributed by atoms with E-state index in [1.165, 1.54) is 7.11 Å². The number of thiol groups is 1. The van der Waals surface area contributed by atoms with E-state index in [1.807, 2.05) is 0 Å². The molecule has 0 aromatic carbocycles. The number of carboxylic acids is 1. The van der Waals surface area contributed by atoms with Crippen molar-refractivity contribution in [2.24, 2.45) is 0 Å². The third-order valence-corrected chi connectivity index (χ3v) is 1.96. The largest absolute Gasteiger partial charge is 0.480 e. The summed E-state index contributed by atoms with van der Waals surface area (Å²) in [5.74, 6) is -2.18. The second-order valence-corrected chi connectivity index (χ2v) is 3.08. The van der Waals surface area contributed by atoms with Crippen molar-refractivity contribution < 1.29 is 24.2 Å². The average molecular weight is 235 g/mol. The molecule has 0 aromatic heterocycles. The van der Waals surface area contributed by atoms with Gasteiger partial charge in [0.05, 0.1) is 13.5 Å². The highest BCUT2D eigenvalue weighted by Gasteiger charge is 2.18. The zero-order valence-electron chi connectivity index (χ0n) is 8.23. The van der Waals surface area contributed by atoms with Crippen molar-refractivity contribution in [1.82, 2.24) is 5.32 Å². The van der Waals surface area contributed by atoms with E-state index in [-0.39, 0.29) is 18.6 Å². The fraction of sp³-hybridized carbons (Fsp3) is 0.625. The molecule has 0 aromatic rings. The van der Waals surface area contributed by atoms with Crippen LogP contribution < -0.4 is 5.32 Å².